The maximum Gasteiger partial charge on any atom is 0.255 e. The molecular weight excluding hydrogens is 386 g/mol. The maximum atomic E-state index is 12.9. The van der Waals surface area contributed by atoms with Crippen LogP contribution in [0.25, 0.3) is 0 Å². The number of nitrogens with one attached hydrogen (secondary N) is 2. The SMILES string of the molecule is CNc1cc2c(c(C(=O)NC[C@@H]3CCN(CCCC(C)=O)CC3O)c1)OCCCO2. The fraction of sp³-hybridized carbons (Fsp3) is 0.636. The molecule has 0 bridgehead atoms. The highest BCUT2D eigenvalue weighted by atomic mass is 16.5. The van der Waals surface area contributed by atoms with Crippen LogP contribution in [0.1, 0.15) is 43.0 Å². The van der Waals surface area contributed by atoms with Crippen LogP contribution in [-0.4, -0.2) is 74.2 Å². The molecule has 1 unspecified atom stereocenters. The van der Waals surface area contributed by atoms with E-state index in [9.17, 15) is 14.7 Å². The van der Waals surface area contributed by atoms with E-state index in [4.69, 9.17) is 9.47 Å². The van der Waals surface area contributed by atoms with Crippen molar-refractivity contribution in [2.75, 3.05) is 51.8 Å². The first-order chi connectivity index (χ1) is 14.5. The molecule has 0 radical (unpaired) electrons. The van der Waals surface area contributed by atoms with E-state index >= 15 is 0 Å². The lowest BCUT2D eigenvalue weighted by Gasteiger charge is -2.36. The lowest BCUT2D eigenvalue weighted by Crippen LogP contribution is -2.47. The standard InChI is InChI=1S/C22H33N3O5/c1-15(26)5-3-7-25-8-6-16(19(27)14-25)13-24-22(28)18-11-17(23-2)12-20-21(18)30-10-4-9-29-20/h11-12,16,19,23,27H,3-10,13-14H2,1-2H3,(H,24,28)/t16-,19?/m0/s1. The number of ether oxygens (including phenoxy) is 2. The van der Waals surface area contributed by atoms with Gasteiger partial charge in [0.25, 0.3) is 5.91 Å². The van der Waals surface area contributed by atoms with Crippen LogP contribution in [0.3, 0.4) is 0 Å². The molecule has 0 aromatic heterocycles. The zero-order valence-electron chi connectivity index (χ0n) is 17.9. The molecule has 8 nitrogen and oxygen atoms in total. The Bertz CT molecular complexity index is 755. The van der Waals surface area contributed by atoms with E-state index in [2.05, 4.69) is 15.5 Å². The third-order valence-corrected chi connectivity index (χ3v) is 5.71. The van der Waals surface area contributed by atoms with Gasteiger partial charge in [-0.05, 0) is 38.9 Å². The molecule has 166 valence electrons. The van der Waals surface area contributed by atoms with Gasteiger partial charge in [0.15, 0.2) is 11.5 Å². The minimum Gasteiger partial charge on any atom is -0.489 e. The fourth-order valence-corrected chi connectivity index (χ4v) is 3.94. The molecule has 1 aromatic rings. The average molecular weight is 420 g/mol. The number of β-amino-alcohol motifs (C(OH)–C–C–N with tert-alkyl or cyclic N) is 1. The van der Waals surface area contributed by atoms with Gasteiger partial charge in [0.1, 0.15) is 5.78 Å². The number of hydrogen-bond acceptors (Lipinski definition) is 7. The highest BCUT2D eigenvalue weighted by Gasteiger charge is 2.28. The van der Waals surface area contributed by atoms with E-state index in [1.54, 1.807) is 20.0 Å². The van der Waals surface area contributed by atoms with E-state index in [1.807, 2.05) is 6.07 Å². The number of aliphatic hydroxyl groups is 1. The summed E-state index contributed by atoms with van der Waals surface area (Å²) in [6.45, 7) is 5.31. The normalized spacial score (nSPS) is 21.6. The Morgan fingerprint density at radius 2 is 2.07 bits per heavy atom. The number of Topliss-reactive ketones (excluding diaryl/α,β-unsaturated/α-hetero) is 1. The average Bonchev–Trinajstić information content (AvgIpc) is 2.97. The Balaban J connectivity index is 1.56. The molecule has 0 spiro atoms. The van der Waals surface area contributed by atoms with Crippen molar-refractivity contribution in [3.05, 3.63) is 17.7 Å². The van der Waals surface area contributed by atoms with Crippen LogP contribution in [0.2, 0.25) is 0 Å². The minimum atomic E-state index is -0.503. The van der Waals surface area contributed by atoms with Gasteiger partial charge in [0.05, 0.1) is 24.9 Å². The molecule has 0 saturated carbocycles. The van der Waals surface area contributed by atoms with Crippen LogP contribution >= 0.6 is 0 Å². The molecule has 2 atom stereocenters. The fourth-order valence-electron chi connectivity index (χ4n) is 3.94. The van der Waals surface area contributed by atoms with Gasteiger partial charge in [-0.2, -0.15) is 0 Å². The van der Waals surface area contributed by atoms with E-state index in [0.717, 1.165) is 38.0 Å². The molecule has 3 N–H and O–H groups in total. The van der Waals surface area contributed by atoms with Gasteiger partial charge < -0.3 is 34.9 Å². The first-order valence-electron chi connectivity index (χ1n) is 10.8. The van der Waals surface area contributed by atoms with Crippen molar-refractivity contribution in [3.8, 4) is 11.5 Å². The van der Waals surface area contributed by atoms with Gasteiger partial charge in [-0.3, -0.25) is 4.79 Å². The number of rotatable bonds is 8. The maximum absolute atomic E-state index is 12.9. The number of nitrogens with zero attached hydrogens (tertiary/aromatic N) is 1. The molecule has 30 heavy (non-hydrogen) atoms. The van der Waals surface area contributed by atoms with E-state index in [1.165, 1.54) is 0 Å². The number of carbonyl (C=O) groups excluding carboxylic acids is 2. The number of ketones is 1. The van der Waals surface area contributed by atoms with E-state index in [-0.39, 0.29) is 17.6 Å². The number of piperidine rings is 1. The molecule has 0 aliphatic carbocycles. The number of fused-ring (bicyclic) bond motifs is 1. The zero-order chi connectivity index (χ0) is 21.5. The number of likely N-dealkylation sites (tertiary alicyclic amines) is 1. The van der Waals surface area contributed by atoms with Crippen LogP contribution < -0.4 is 20.1 Å². The molecule has 8 heteroatoms. The monoisotopic (exact) mass is 419 g/mol. The van der Waals surface area contributed by atoms with Crippen molar-refractivity contribution < 1.29 is 24.2 Å². The van der Waals surface area contributed by atoms with Gasteiger partial charge >= 0.3 is 0 Å². The second kappa shape index (κ2) is 10.6. The summed E-state index contributed by atoms with van der Waals surface area (Å²) < 4.78 is 11.5. The third kappa shape index (κ3) is 5.86. The quantitative estimate of drug-likeness (QED) is 0.589. The summed E-state index contributed by atoms with van der Waals surface area (Å²) in [7, 11) is 1.79. The minimum absolute atomic E-state index is 0.00117. The molecule has 1 amide bonds. The number of carbonyl (C=O) groups is 2. The van der Waals surface area contributed by atoms with Gasteiger partial charge in [-0.15, -0.1) is 0 Å². The van der Waals surface area contributed by atoms with E-state index < -0.39 is 6.10 Å². The van der Waals surface area contributed by atoms with Crippen LogP contribution in [0.4, 0.5) is 5.69 Å². The summed E-state index contributed by atoms with van der Waals surface area (Å²) in [6, 6.07) is 3.60. The lowest BCUT2D eigenvalue weighted by molar-refractivity contribution is -0.117. The first kappa shape index (κ1) is 22.4. The molecule has 2 aliphatic rings. The Morgan fingerprint density at radius 1 is 1.27 bits per heavy atom. The predicted octanol–water partition coefficient (Wildman–Crippen LogP) is 1.67. The molecule has 2 aliphatic heterocycles. The van der Waals surface area contributed by atoms with Crippen molar-refractivity contribution in [2.45, 2.75) is 38.7 Å². The van der Waals surface area contributed by atoms with Gasteiger partial charge in [-0.1, -0.05) is 0 Å². The predicted molar refractivity (Wildman–Crippen MR) is 114 cm³/mol. The summed E-state index contributed by atoms with van der Waals surface area (Å²) in [5.74, 6) is 1.02. The topological polar surface area (TPSA) is 100 Å². The Kier molecular flexibility index (Phi) is 7.93. The summed E-state index contributed by atoms with van der Waals surface area (Å²) >= 11 is 0. The van der Waals surface area contributed by atoms with Crippen molar-refractivity contribution >= 4 is 17.4 Å². The van der Waals surface area contributed by atoms with Crippen molar-refractivity contribution in [1.82, 2.24) is 10.2 Å². The first-order valence-corrected chi connectivity index (χ1v) is 10.8. The molecule has 1 fully saturated rings. The molecule has 2 heterocycles. The van der Waals surface area contributed by atoms with Crippen molar-refractivity contribution in [1.29, 1.82) is 0 Å². The van der Waals surface area contributed by atoms with Gasteiger partial charge in [0, 0.05) is 50.7 Å². The summed E-state index contributed by atoms with van der Waals surface area (Å²) in [5.41, 5.74) is 1.22. The van der Waals surface area contributed by atoms with Crippen LogP contribution in [-0.2, 0) is 4.79 Å². The van der Waals surface area contributed by atoms with Crippen LogP contribution in [0, 0.1) is 5.92 Å². The molecule has 3 rings (SSSR count). The highest BCUT2D eigenvalue weighted by molar-refractivity contribution is 5.99. The lowest BCUT2D eigenvalue weighted by atomic mass is 9.93. The molecular formula is C22H33N3O5. The Hall–Kier alpha value is -2.32. The van der Waals surface area contributed by atoms with Crippen LogP contribution in [0.15, 0.2) is 12.1 Å². The smallest absolute Gasteiger partial charge is 0.255 e. The Morgan fingerprint density at radius 3 is 2.80 bits per heavy atom. The second-order valence-corrected chi connectivity index (χ2v) is 8.08. The van der Waals surface area contributed by atoms with E-state index in [0.29, 0.717) is 49.8 Å². The largest absolute Gasteiger partial charge is 0.489 e. The Labute approximate surface area is 177 Å². The summed E-state index contributed by atoms with van der Waals surface area (Å²) in [4.78, 5) is 26.2. The summed E-state index contributed by atoms with van der Waals surface area (Å²) in [5, 5.41) is 16.5. The number of benzene rings is 1. The molecule has 1 aromatic carbocycles. The molecule has 1 saturated heterocycles. The zero-order valence-corrected chi connectivity index (χ0v) is 17.9. The third-order valence-electron chi connectivity index (χ3n) is 5.71. The van der Waals surface area contributed by atoms with Gasteiger partial charge in [-0.25, -0.2) is 0 Å². The van der Waals surface area contributed by atoms with Crippen LogP contribution in [0.5, 0.6) is 11.5 Å². The number of hydrogen-bond donors (Lipinski definition) is 3. The van der Waals surface area contributed by atoms with Crippen molar-refractivity contribution in [3.63, 3.8) is 0 Å². The van der Waals surface area contributed by atoms with Crippen molar-refractivity contribution in [2.24, 2.45) is 5.92 Å². The second-order valence-electron chi connectivity index (χ2n) is 8.08. The summed E-state index contributed by atoms with van der Waals surface area (Å²) in [6.07, 6.45) is 2.46. The highest BCUT2D eigenvalue weighted by Crippen LogP contribution is 2.36. The number of anilines is 1. The number of amides is 1. The van der Waals surface area contributed by atoms with Gasteiger partial charge in [0.2, 0.25) is 0 Å². The number of aliphatic hydroxyl groups excluding tert-OH is 1.